The molecular weight excluding hydrogens is 256 g/mol. The molecule has 3 aromatic rings. The minimum atomic E-state index is 0.681. The molecule has 4 nitrogen and oxygen atoms in total. The fourth-order valence-corrected chi connectivity index (χ4v) is 2.31. The van der Waals surface area contributed by atoms with Crippen LogP contribution in [0.15, 0.2) is 48.0 Å². The van der Waals surface area contributed by atoms with Crippen molar-refractivity contribution in [3.63, 3.8) is 0 Å². The zero-order valence-corrected chi connectivity index (χ0v) is 10.8. The molecule has 2 aromatic heterocycles. The second-order valence-electron chi connectivity index (χ2n) is 3.74. The van der Waals surface area contributed by atoms with Gasteiger partial charge in [-0.15, -0.1) is 0 Å². The minimum absolute atomic E-state index is 0.681. The van der Waals surface area contributed by atoms with Crippen molar-refractivity contribution in [2.24, 2.45) is 0 Å². The fourth-order valence-electron chi connectivity index (χ4n) is 1.62. The van der Waals surface area contributed by atoms with Gasteiger partial charge in [-0.25, -0.2) is 15.0 Å². The number of H-pyrrole nitrogens is 1. The maximum Gasteiger partial charge on any atom is 0.181 e. The molecule has 0 radical (unpaired) electrons. The van der Waals surface area contributed by atoms with E-state index in [4.69, 9.17) is 0 Å². The van der Waals surface area contributed by atoms with Gasteiger partial charge in [0.25, 0.3) is 0 Å². The van der Waals surface area contributed by atoms with Gasteiger partial charge < -0.3 is 4.98 Å². The first kappa shape index (κ1) is 11.8. The van der Waals surface area contributed by atoms with Crippen molar-refractivity contribution >= 4 is 22.9 Å². The van der Waals surface area contributed by atoms with Crippen LogP contribution in [-0.4, -0.2) is 25.7 Å². The summed E-state index contributed by atoms with van der Waals surface area (Å²) in [5.74, 6) is 6.92. The molecule has 0 bridgehead atoms. The Balaban J connectivity index is 1.70. The van der Waals surface area contributed by atoms with Crippen LogP contribution in [0.5, 0.6) is 0 Å². The summed E-state index contributed by atoms with van der Waals surface area (Å²) in [6.07, 6.45) is 3.15. The molecule has 3 rings (SSSR count). The Morgan fingerprint density at radius 1 is 1.11 bits per heavy atom. The number of hydrogen-bond acceptors (Lipinski definition) is 4. The number of nitrogens with zero attached hydrogens (tertiary/aromatic N) is 3. The highest BCUT2D eigenvalue weighted by atomic mass is 32.2. The Bertz CT molecular complexity index is 740. The normalized spacial score (nSPS) is 10.1. The third-order valence-electron chi connectivity index (χ3n) is 2.48. The van der Waals surface area contributed by atoms with E-state index >= 15 is 0 Å². The lowest BCUT2D eigenvalue weighted by molar-refractivity contribution is 1.09. The van der Waals surface area contributed by atoms with Crippen LogP contribution in [0.25, 0.3) is 11.2 Å². The van der Waals surface area contributed by atoms with Crippen molar-refractivity contribution in [1.82, 2.24) is 19.9 Å². The molecule has 1 N–H and O–H groups in total. The maximum atomic E-state index is 4.24. The second kappa shape index (κ2) is 5.55. The standard InChI is InChI=1S/C14H10N4S/c1-2-5-11(6-3-1)7-4-8-19-14-12-13(16-9-15-12)17-10-18-14/h1-3,5-6,9-10H,8H2,(H,15,16,17,18). The molecule has 5 heteroatoms. The quantitative estimate of drug-likeness (QED) is 0.440. The molecule has 0 aliphatic carbocycles. The van der Waals surface area contributed by atoms with Crippen molar-refractivity contribution in [3.8, 4) is 11.8 Å². The molecule has 0 fully saturated rings. The first-order valence-electron chi connectivity index (χ1n) is 5.74. The van der Waals surface area contributed by atoms with Gasteiger partial charge in [-0.1, -0.05) is 41.8 Å². The van der Waals surface area contributed by atoms with Crippen LogP contribution in [-0.2, 0) is 0 Å². The molecule has 2 heterocycles. The van der Waals surface area contributed by atoms with E-state index in [-0.39, 0.29) is 0 Å². The summed E-state index contributed by atoms with van der Waals surface area (Å²) in [6.45, 7) is 0. The summed E-state index contributed by atoms with van der Waals surface area (Å²) >= 11 is 1.58. The number of thioether (sulfide) groups is 1. The average Bonchev–Trinajstić information content (AvgIpc) is 2.94. The molecule has 0 amide bonds. The highest BCUT2D eigenvalue weighted by Crippen LogP contribution is 2.20. The Kier molecular flexibility index (Phi) is 3.43. The van der Waals surface area contributed by atoms with Gasteiger partial charge in [-0.2, -0.15) is 0 Å². The van der Waals surface area contributed by atoms with Gasteiger partial charge >= 0.3 is 0 Å². The van der Waals surface area contributed by atoms with Gasteiger partial charge in [-0.3, -0.25) is 0 Å². The van der Waals surface area contributed by atoms with Crippen molar-refractivity contribution in [1.29, 1.82) is 0 Å². The number of imidazole rings is 1. The summed E-state index contributed by atoms with van der Waals surface area (Å²) < 4.78 is 0. The van der Waals surface area contributed by atoms with Crippen LogP contribution in [0.3, 0.4) is 0 Å². The lowest BCUT2D eigenvalue weighted by Gasteiger charge is -1.96. The van der Waals surface area contributed by atoms with Gasteiger partial charge in [0.2, 0.25) is 0 Å². The monoisotopic (exact) mass is 266 g/mol. The van der Waals surface area contributed by atoms with Crippen molar-refractivity contribution < 1.29 is 0 Å². The van der Waals surface area contributed by atoms with Crippen molar-refractivity contribution in [2.45, 2.75) is 5.03 Å². The first-order chi connectivity index (χ1) is 9.43. The number of aromatic amines is 1. The van der Waals surface area contributed by atoms with Crippen molar-refractivity contribution in [3.05, 3.63) is 48.5 Å². The lowest BCUT2D eigenvalue weighted by Crippen LogP contribution is -1.86. The van der Waals surface area contributed by atoms with E-state index in [1.807, 2.05) is 30.3 Å². The van der Waals surface area contributed by atoms with E-state index < -0.39 is 0 Å². The number of rotatable bonds is 2. The fraction of sp³-hybridized carbons (Fsp3) is 0.0714. The molecule has 0 spiro atoms. The Morgan fingerprint density at radius 2 is 2.00 bits per heavy atom. The van der Waals surface area contributed by atoms with E-state index in [1.54, 1.807) is 18.1 Å². The summed E-state index contributed by atoms with van der Waals surface area (Å²) in [5.41, 5.74) is 2.58. The van der Waals surface area contributed by atoms with Gasteiger partial charge in [0.1, 0.15) is 16.9 Å². The first-order valence-corrected chi connectivity index (χ1v) is 6.73. The highest BCUT2D eigenvalue weighted by molar-refractivity contribution is 7.99. The number of fused-ring (bicyclic) bond motifs is 1. The topological polar surface area (TPSA) is 54.5 Å². The zero-order valence-electron chi connectivity index (χ0n) is 10.00. The summed E-state index contributed by atoms with van der Waals surface area (Å²) in [6, 6.07) is 9.94. The molecule has 19 heavy (non-hydrogen) atoms. The molecule has 0 saturated heterocycles. The summed E-state index contributed by atoms with van der Waals surface area (Å²) in [7, 11) is 0. The Labute approximate surface area is 114 Å². The van der Waals surface area contributed by atoms with Gasteiger partial charge in [0.05, 0.1) is 12.1 Å². The van der Waals surface area contributed by atoms with Crippen LogP contribution in [0.1, 0.15) is 5.56 Å². The second-order valence-corrected chi connectivity index (χ2v) is 4.70. The predicted molar refractivity (Wildman–Crippen MR) is 75.7 cm³/mol. The Hall–Kier alpha value is -2.32. The predicted octanol–water partition coefficient (Wildman–Crippen LogP) is 2.50. The molecule has 0 aliphatic rings. The maximum absolute atomic E-state index is 4.24. The zero-order chi connectivity index (χ0) is 12.9. The number of benzene rings is 1. The average molecular weight is 266 g/mol. The van der Waals surface area contributed by atoms with E-state index in [9.17, 15) is 0 Å². The minimum Gasteiger partial charge on any atom is -0.341 e. The molecule has 0 saturated carbocycles. The smallest absolute Gasteiger partial charge is 0.181 e. The van der Waals surface area contributed by atoms with Crippen LogP contribution in [0.4, 0.5) is 0 Å². The largest absolute Gasteiger partial charge is 0.341 e. The van der Waals surface area contributed by atoms with Gasteiger partial charge in [-0.05, 0) is 12.1 Å². The third-order valence-corrected chi connectivity index (χ3v) is 3.35. The van der Waals surface area contributed by atoms with E-state index in [0.29, 0.717) is 11.4 Å². The van der Waals surface area contributed by atoms with Crippen LogP contribution >= 0.6 is 11.8 Å². The number of aromatic nitrogens is 4. The Morgan fingerprint density at radius 3 is 2.89 bits per heavy atom. The SMILES string of the molecule is C(#Cc1ccccc1)CSc1ncnc2nc[nH]c12. The van der Waals surface area contributed by atoms with Gasteiger partial charge in [0, 0.05) is 5.56 Å². The van der Waals surface area contributed by atoms with Gasteiger partial charge in [0.15, 0.2) is 5.65 Å². The molecule has 0 aliphatic heterocycles. The van der Waals surface area contributed by atoms with Crippen LogP contribution in [0, 0.1) is 11.8 Å². The molecule has 0 unspecified atom stereocenters. The molecule has 92 valence electrons. The van der Waals surface area contributed by atoms with E-state index in [2.05, 4.69) is 31.8 Å². The lowest BCUT2D eigenvalue weighted by atomic mass is 10.2. The summed E-state index contributed by atoms with van der Waals surface area (Å²) in [5, 5.41) is 0.880. The van der Waals surface area contributed by atoms with E-state index in [0.717, 1.165) is 16.1 Å². The molecule has 1 aromatic carbocycles. The molecule has 0 atom stereocenters. The van der Waals surface area contributed by atoms with Crippen LogP contribution in [0.2, 0.25) is 0 Å². The highest BCUT2D eigenvalue weighted by Gasteiger charge is 2.04. The number of hydrogen-bond donors (Lipinski definition) is 1. The van der Waals surface area contributed by atoms with E-state index in [1.165, 1.54) is 6.33 Å². The number of nitrogens with one attached hydrogen (secondary N) is 1. The molecular formula is C14H10N4S. The summed E-state index contributed by atoms with van der Waals surface area (Å²) in [4.78, 5) is 15.5. The van der Waals surface area contributed by atoms with Crippen LogP contribution < -0.4 is 0 Å². The van der Waals surface area contributed by atoms with Crippen molar-refractivity contribution in [2.75, 3.05) is 5.75 Å². The third kappa shape index (κ3) is 2.75.